The molecule has 4 rings (SSSR count). The number of aromatic nitrogens is 1. The number of pyridine rings is 1. The maximum atomic E-state index is 13.6. The topological polar surface area (TPSA) is 118 Å². The first-order chi connectivity index (χ1) is 19.4. The van der Waals surface area contributed by atoms with Gasteiger partial charge in [0, 0.05) is 36.4 Å². The number of nitrogens with one attached hydrogen (secondary N) is 2. The molecule has 2 N–H and O–H groups in total. The molecule has 212 valence electrons. The summed E-state index contributed by atoms with van der Waals surface area (Å²) in [6.45, 7) is 0.956. The highest BCUT2D eigenvalue weighted by atomic mass is 32.2. The van der Waals surface area contributed by atoms with Crippen LogP contribution in [0.25, 0.3) is 11.1 Å². The van der Waals surface area contributed by atoms with E-state index in [1.807, 2.05) is 48.7 Å². The number of hydrogen-bond acceptors (Lipinski definition) is 8. The third kappa shape index (κ3) is 8.23. The van der Waals surface area contributed by atoms with Gasteiger partial charge in [-0.3, -0.25) is 14.6 Å². The van der Waals surface area contributed by atoms with E-state index in [-0.39, 0.29) is 13.0 Å². The van der Waals surface area contributed by atoms with Crippen molar-refractivity contribution in [1.29, 1.82) is 0 Å². The van der Waals surface area contributed by atoms with Gasteiger partial charge in [-0.25, -0.2) is 4.72 Å². The van der Waals surface area contributed by atoms with Crippen molar-refractivity contribution in [3.8, 4) is 16.9 Å². The smallest absolute Gasteiger partial charge is 0.303 e. The second-order valence-electron chi connectivity index (χ2n) is 9.01. The van der Waals surface area contributed by atoms with Crippen molar-refractivity contribution >= 4 is 45.5 Å². The van der Waals surface area contributed by atoms with Gasteiger partial charge in [0.15, 0.2) is 0 Å². The van der Waals surface area contributed by atoms with Gasteiger partial charge in [0.1, 0.15) is 18.4 Å². The van der Waals surface area contributed by atoms with Crippen molar-refractivity contribution in [1.82, 2.24) is 19.3 Å². The Balaban J connectivity index is 1.54. The van der Waals surface area contributed by atoms with E-state index >= 15 is 0 Å². The Labute approximate surface area is 243 Å². The van der Waals surface area contributed by atoms with Crippen LogP contribution in [0.2, 0.25) is 0 Å². The van der Waals surface area contributed by atoms with E-state index in [4.69, 9.17) is 4.74 Å². The summed E-state index contributed by atoms with van der Waals surface area (Å²) in [5.41, 5.74) is 2.72. The molecule has 1 fully saturated rings. The van der Waals surface area contributed by atoms with Gasteiger partial charge in [-0.15, -0.1) is 0 Å². The Morgan fingerprint density at radius 2 is 1.88 bits per heavy atom. The second kappa shape index (κ2) is 14.5. The molecule has 3 aromatic rings. The second-order valence-corrected chi connectivity index (χ2v) is 12.9. The van der Waals surface area contributed by atoms with E-state index in [2.05, 4.69) is 15.0 Å². The quantitative estimate of drug-likeness (QED) is 0.324. The van der Waals surface area contributed by atoms with Crippen LogP contribution in [-0.4, -0.2) is 72.2 Å². The summed E-state index contributed by atoms with van der Waals surface area (Å²) in [6, 6.07) is 17.4. The number of carbonyl (C=O) groups is 2. The molecule has 1 atom stereocenters. The third-order valence-electron chi connectivity index (χ3n) is 6.23. The fourth-order valence-electron chi connectivity index (χ4n) is 4.13. The zero-order valence-electron chi connectivity index (χ0n) is 22.1. The molecular weight excluding hydrogens is 569 g/mol. The zero-order chi connectivity index (χ0) is 28.4. The molecule has 1 aliphatic heterocycles. The van der Waals surface area contributed by atoms with E-state index in [1.165, 1.54) is 16.1 Å². The van der Waals surface area contributed by atoms with E-state index in [0.717, 1.165) is 11.1 Å². The molecule has 1 aliphatic rings. The Morgan fingerprint density at radius 1 is 1.10 bits per heavy atom. The first-order valence-electron chi connectivity index (χ1n) is 12.8. The number of hydrogen-bond donors (Lipinski definition) is 2. The standard InChI is InChI=1S/C28H32N4O5S3/c1-38-15-11-26(28(34)31-40(35,36)32-13-16-39-17-14-32)30-27(33)24-10-9-21(20-37-23-8-5-12-29-19-23)18-25(24)22-6-3-2-4-7-22/h2-10,12,18-19,26H,11,13-17,20H2,1H3,(H,30,33)(H,31,34). The van der Waals surface area contributed by atoms with Crippen molar-refractivity contribution in [2.75, 3.05) is 36.6 Å². The summed E-state index contributed by atoms with van der Waals surface area (Å²) in [4.78, 5) is 30.8. The number of rotatable bonds is 12. The molecule has 0 saturated carbocycles. The van der Waals surface area contributed by atoms with Gasteiger partial charge in [-0.05, 0) is 59.4 Å². The number of amides is 2. The van der Waals surface area contributed by atoms with Crippen LogP contribution in [-0.2, 0) is 21.6 Å². The van der Waals surface area contributed by atoms with E-state index in [1.54, 1.807) is 42.4 Å². The van der Waals surface area contributed by atoms with E-state index in [0.29, 0.717) is 47.2 Å². The molecule has 0 bridgehead atoms. The van der Waals surface area contributed by atoms with Crippen LogP contribution in [0.1, 0.15) is 22.3 Å². The molecule has 1 unspecified atom stereocenters. The summed E-state index contributed by atoms with van der Waals surface area (Å²) in [5.74, 6) is 1.33. The summed E-state index contributed by atoms with van der Waals surface area (Å²) in [6.07, 6.45) is 5.47. The summed E-state index contributed by atoms with van der Waals surface area (Å²) in [5, 5.41) is 2.79. The molecule has 0 spiro atoms. The average Bonchev–Trinajstić information content (AvgIpc) is 2.99. The van der Waals surface area contributed by atoms with Crippen LogP contribution < -0.4 is 14.8 Å². The minimum atomic E-state index is -4.00. The summed E-state index contributed by atoms with van der Waals surface area (Å²) >= 11 is 3.18. The maximum Gasteiger partial charge on any atom is 0.303 e. The van der Waals surface area contributed by atoms with E-state index < -0.39 is 28.1 Å². The fraction of sp³-hybridized carbons (Fsp3) is 0.321. The number of carbonyl (C=O) groups excluding carboxylic acids is 2. The molecule has 40 heavy (non-hydrogen) atoms. The van der Waals surface area contributed by atoms with Gasteiger partial charge in [-0.1, -0.05) is 36.4 Å². The van der Waals surface area contributed by atoms with Crippen LogP contribution in [0, 0.1) is 0 Å². The molecule has 0 radical (unpaired) electrons. The highest BCUT2D eigenvalue weighted by molar-refractivity contribution is 7.99. The highest BCUT2D eigenvalue weighted by Gasteiger charge is 2.30. The highest BCUT2D eigenvalue weighted by Crippen LogP contribution is 2.26. The molecule has 2 aromatic carbocycles. The Hall–Kier alpha value is -3.06. The number of nitrogens with zero attached hydrogens (tertiary/aromatic N) is 2. The fourth-order valence-corrected chi connectivity index (χ4v) is 6.92. The van der Waals surface area contributed by atoms with Crippen LogP contribution in [0.3, 0.4) is 0 Å². The molecule has 9 nitrogen and oxygen atoms in total. The van der Waals surface area contributed by atoms with Gasteiger partial charge in [-0.2, -0.15) is 36.2 Å². The first-order valence-corrected chi connectivity index (χ1v) is 16.8. The number of ether oxygens (including phenoxy) is 1. The third-order valence-corrected chi connectivity index (χ3v) is 9.32. The Morgan fingerprint density at radius 3 is 2.58 bits per heavy atom. The van der Waals surface area contributed by atoms with Crippen LogP contribution in [0.15, 0.2) is 73.1 Å². The van der Waals surface area contributed by atoms with Gasteiger partial charge in [0.05, 0.1) is 6.20 Å². The molecule has 2 amide bonds. The van der Waals surface area contributed by atoms with Crippen molar-refractivity contribution in [2.45, 2.75) is 19.1 Å². The normalized spacial score (nSPS) is 14.7. The molecule has 1 aromatic heterocycles. The number of thioether (sulfide) groups is 2. The lowest BCUT2D eigenvalue weighted by Crippen LogP contribution is -2.53. The van der Waals surface area contributed by atoms with Crippen LogP contribution in [0.5, 0.6) is 5.75 Å². The molecule has 2 heterocycles. The minimum Gasteiger partial charge on any atom is -0.487 e. The van der Waals surface area contributed by atoms with E-state index in [9.17, 15) is 18.0 Å². The Kier molecular flexibility index (Phi) is 10.9. The predicted molar refractivity (Wildman–Crippen MR) is 161 cm³/mol. The SMILES string of the molecule is CSCCC(NC(=O)c1ccc(COc2cccnc2)cc1-c1ccccc1)C(=O)NS(=O)(=O)N1CCSCC1. The lowest BCUT2D eigenvalue weighted by Gasteiger charge is -2.27. The van der Waals surface area contributed by atoms with Crippen molar-refractivity contribution in [3.63, 3.8) is 0 Å². The van der Waals surface area contributed by atoms with Gasteiger partial charge in [0.2, 0.25) is 0 Å². The summed E-state index contributed by atoms with van der Waals surface area (Å²) in [7, 11) is -4.00. The lowest BCUT2D eigenvalue weighted by atomic mass is 9.96. The van der Waals surface area contributed by atoms with Gasteiger partial charge < -0.3 is 10.1 Å². The number of benzene rings is 2. The molecule has 1 saturated heterocycles. The lowest BCUT2D eigenvalue weighted by molar-refractivity contribution is -0.121. The average molecular weight is 601 g/mol. The Bertz CT molecular complexity index is 1390. The van der Waals surface area contributed by atoms with Crippen molar-refractivity contribution in [3.05, 3.63) is 84.2 Å². The summed E-state index contributed by atoms with van der Waals surface area (Å²) < 4.78 is 34.9. The largest absolute Gasteiger partial charge is 0.487 e. The van der Waals surface area contributed by atoms with Crippen LogP contribution in [0.4, 0.5) is 0 Å². The first kappa shape index (κ1) is 29.9. The van der Waals surface area contributed by atoms with Crippen molar-refractivity contribution in [2.24, 2.45) is 0 Å². The molecule has 0 aliphatic carbocycles. The minimum absolute atomic E-state index is 0.277. The maximum absolute atomic E-state index is 13.6. The van der Waals surface area contributed by atoms with Crippen molar-refractivity contribution < 1.29 is 22.7 Å². The van der Waals surface area contributed by atoms with Gasteiger partial charge in [0.25, 0.3) is 11.8 Å². The van der Waals surface area contributed by atoms with Gasteiger partial charge >= 0.3 is 10.2 Å². The predicted octanol–water partition coefficient (Wildman–Crippen LogP) is 3.59. The monoisotopic (exact) mass is 600 g/mol. The zero-order valence-corrected chi connectivity index (χ0v) is 24.6. The molecular formula is C28H32N4O5S3. The van der Waals surface area contributed by atoms with Crippen LogP contribution >= 0.6 is 23.5 Å². The molecule has 12 heteroatoms.